The van der Waals surface area contributed by atoms with Crippen LogP contribution in [-0.2, 0) is 0 Å². The van der Waals surface area contributed by atoms with Gasteiger partial charge in [-0.1, -0.05) is 29.3 Å². The number of fused-ring (bicyclic) bond motifs is 1. The van der Waals surface area contributed by atoms with Gasteiger partial charge < -0.3 is 4.98 Å². The Morgan fingerprint density at radius 3 is 2.53 bits per heavy atom. The fourth-order valence-corrected chi connectivity index (χ4v) is 2.28. The predicted molar refractivity (Wildman–Crippen MR) is 69.3 cm³/mol. The number of aromatic nitrogens is 3. The van der Waals surface area contributed by atoms with Gasteiger partial charge in [-0.2, -0.15) is 0 Å². The zero-order chi connectivity index (χ0) is 11.8. The molecule has 0 aliphatic rings. The third-order valence-electron chi connectivity index (χ3n) is 2.48. The van der Waals surface area contributed by atoms with Crippen LogP contribution in [0.5, 0.6) is 0 Å². The number of aromatic amines is 1. The minimum atomic E-state index is 0.574. The van der Waals surface area contributed by atoms with Crippen molar-refractivity contribution in [3.8, 4) is 11.4 Å². The summed E-state index contributed by atoms with van der Waals surface area (Å²) >= 11 is 12.3. The molecule has 0 radical (unpaired) electrons. The van der Waals surface area contributed by atoms with Crippen LogP contribution in [0.1, 0.15) is 0 Å². The Kier molecular flexibility index (Phi) is 2.50. The zero-order valence-corrected chi connectivity index (χ0v) is 10.1. The van der Waals surface area contributed by atoms with E-state index in [1.807, 2.05) is 6.07 Å². The van der Waals surface area contributed by atoms with Crippen molar-refractivity contribution in [2.45, 2.75) is 0 Å². The van der Waals surface area contributed by atoms with Crippen LogP contribution in [0, 0.1) is 0 Å². The molecule has 3 rings (SSSR count). The SMILES string of the molecule is Clc1cccc(Cl)c1-c1nc2cnccc2[nH]1. The maximum atomic E-state index is 6.13. The summed E-state index contributed by atoms with van der Waals surface area (Å²) < 4.78 is 0. The fourth-order valence-electron chi connectivity index (χ4n) is 1.70. The summed E-state index contributed by atoms with van der Waals surface area (Å²) in [5.74, 6) is 0.656. The van der Waals surface area contributed by atoms with Crippen LogP contribution >= 0.6 is 23.2 Å². The van der Waals surface area contributed by atoms with Gasteiger partial charge in [-0.25, -0.2) is 4.98 Å². The van der Waals surface area contributed by atoms with Crippen LogP contribution in [0.25, 0.3) is 22.4 Å². The first kappa shape index (κ1) is 10.6. The molecule has 0 saturated heterocycles. The van der Waals surface area contributed by atoms with Crippen molar-refractivity contribution in [2.75, 3.05) is 0 Å². The number of nitrogens with zero attached hydrogens (tertiary/aromatic N) is 2. The van der Waals surface area contributed by atoms with E-state index >= 15 is 0 Å². The molecule has 84 valence electrons. The highest BCUT2D eigenvalue weighted by atomic mass is 35.5. The third kappa shape index (κ3) is 1.77. The molecular formula is C12H7Cl2N3. The maximum absolute atomic E-state index is 6.13. The van der Waals surface area contributed by atoms with Gasteiger partial charge in [-0.3, -0.25) is 4.98 Å². The molecule has 2 heterocycles. The summed E-state index contributed by atoms with van der Waals surface area (Å²) in [6.45, 7) is 0. The molecule has 5 heteroatoms. The van der Waals surface area contributed by atoms with Gasteiger partial charge in [-0.15, -0.1) is 0 Å². The Morgan fingerprint density at radius 2 is 1.82 bits per heavy atom. The Morgan fingerprint density at radius 1 is 1.06 bits per heavy atom. The number of benzene rings is 1. The molecule has 0 bridgehead atoms. The number of imidazole rings is 1. The number of rotatable bonds is 1. The molecule has 0 aliphatic carbocycles. The van der Waals surface area contributed by atoms with E-state index in [-0.39, 0.29) is 0 Å². The lowest BCUT2D eigenvalue weighted by Gasteiger charge is -2.02. The zero-order valence-electron chi connectivity index (χ0n) is 8.61. The summed E-state index contributed by atoms with van der Waals surface area (Å²) in [7, 11) is 0. The Hall–Kier alpha value is -1.58. The quantitative estimate of drug-likeness (QED) is 0.723. The number of H-pyrrole nitrogens is 1. The predicted octanol–water partition coefficient (Wildman–Crippen LogP) is 3.93. The van der Waals surface area contributed by atoms with E-state index in [1.165, 1.54) is 0 Å². The Labute approximate surface area is 107 Å². The standard InChI is InChI=1S/C12H7Cl2N3/c13-7-2-1-3-8(14)11(7)12-16-9-4-5-15-6-10(9)17-12/h1-6H,(H,16,17). The van der Waals surface area contributed by atoms with Gasteiger partial charge in [-0.05, 0) is 18.2 Å². The molecule has 3 nitrogen and oxygen atoms in total. The van der Waals surface area contributed by atoms with Crippen LogP contribution in [0.4, 0.5) is 0 Å². The minimum Gasteiger partial charge on any atom is -0.338 e. The second-order valence-electron chi connectivity index (χ2n) is 3.57. The maximum Gasteiger partial charge on any atom is 0.141 e. The van der Waals surface area contributed by atoms with Gasteiger partial charge >= 0.3 is 0 Å². The molecule has 0 unspecified atom stereocenters. The monoisotopic (exact) mass is 263 g/mol. The lowest BCUT2D eigenvalue weighted by molar-refractivity contribution is 1.33. The summed E-state index contributed by atoms with van der Waals surface area (Å²) in [6.07, 6.45) is 3.40. The number of hydrogen-bond acceptors (Lipinski definition) is 2. The molecule has 0 atom stereocenters. The largest absolute Gasteiger partial charge is 0.338 e. The topological polar surface area (TPSA) is 41.6 Å². The van der Waals surface area contributed by atoms with Crippen LogP contribution in [0.3, 0.4) is 0 Å². The normalized spacial score (nSPS) is 10.9. The molecule has 17 heavy (non-hydrogen) atoms. The summed E-state index contributed by atoms with van der Waals surface area (Å²) in [5, 5.41) is 1.15. The van der Waals surface area contributed by atoms with Gasteiger partial charge in [0.25, 0.3) is 0 Å². The van der Waals surface area contributed by atoms with Crippen molar-refractivity contribution in [3.05, 3.63) is 46.7 Å². The van der Waals surface area contributed by atoms with E-state index in [9.17, 15) is 0 Å². The number of halogens is 2. The van der Waals surface area contributed by atoms with E-state index < -0.39 is 0 Å². The van der Waals surface area contributed by atoms with E-state index in [0.717, 1.165) is 11.0 Å². The molecule has 0 fully saturated rings. The molecule has 2 aromatic heterocycles. The molecular weight excluding hydrogens is 257 g/mol. The summed E-state index contributed by atoms with van der Waals surface area (Å²) in [5.41, 5.74) is 2.41. The van der Waals surface area contributed by atoms with E-state index in [1.54, 1.807) is 30.6 Å². The molecule has 3 aromatic rings. The Balaban J connectivity index is 2.27. The summed E-state index contributed by atoms with van der Waals surface area (Å²) in [6, 6.07) is 7.23. The molecule has 1 aromatic carbocycles. The second kappa shape index (κ2) is 4.02. The van der Waals surface area contributed by atoms with Crippen LogP contribution < -0.4 is 0 Å². The van der Waals surface area contributed by atoms with Crippen LogP contribution in [-0.4, -0.2) is 15.0 Å². The third-order valence-corrected chi connectivity index (χ3v) is 3.11. The molecule has 0 amide bonds. The van der Waals surface area contributed by atoms with Crippen LogP contribution in [0.2, 0.25) is 10.0 Å². The number of nitrogens with one attached hydrogen (secondary N) is 1. The van der Waals surface area contributed by atoms with Crippen molar-refractivity contribution in [2.24, 2.45) is 0 Å². The number of pyridine rings is 1. The van der Waals surface area contributed by atoms with Crippen LogP contribution in [0.15, 0.2) is 36.7 Å². The van der Waals surface area contributed by atoms with Gasteiger partial charge in [0.2, 0.25) is 0 Å². The lowest BCUT2D eigenvalue weighted by atomic mass is 10.2. The Bertz CT molecular complexity index is 638. The van der Waals surface area contributed by atoms with Gasteiger partial charge in [0.05, 0.1) is 27.3 Å². The van der Waals surface area contributed by atoms with E-state index in [0.29, 0.717) is 21.4 Å². The fraction of sp³-hybridized carbons (Fsp3) is 0. The lowest BCUT2D eigenvalue weighted by Crippen LogP contribution is -1.83. The van der Waals surface area contributed by atoms with Gasteiger partial charge in [0.1, 0.15) is 11.3 Å². The molecule has 1 N–H and O–H groups in total. The summed E-state index contributed by atoms with van der Waals surface area (Å²) in [4.78, 5) is 11.6. The second-order valence-corrected chi connectivity index (χ2v) is 4.39. The first-order valence-electron chi connectivity index (χ1n) is 5.00. The van der Waals surface area contributed by atoms with E-state index in [2.05, 4.69) is 15.0 Å². The van der Waals surface area contributed by atoms with Crippen molar-refractivity contribution < 1.29 is 0 Å². The molecule has 0 aliphatic heterocycles. The smallest absolute Gasteiger partial charge is 0.141 e. The highest BCUT2D eigenvalue weighted by molar-refractivity contribution is 6.39. The average Bonchev–Trinajstić information content (AvgIpc) is 2.71. The first-order valence-corrected chi connectivity index (χ1v) is 5.75. The van der Waals surface area contributed by atoms with Crippen molar-refractivity contribution >= 4 is 34.2 Å². The highest BCUT2D eigenvalue weighted by Crippen LogP contribution is 2.33. The highest BCUT2D eigenvalue weighted by Gasteiger charge is 2.12. The number of hydrogen-bond donors (Lipinski definition) is 1. The van der Waals surface area contributed by atoms with Gasteiger partial charge in [0, 0.05) is 6.20 Å². The molecule has 0 spiro atoms. The minimum absolute atomic E-state index is 0.574. The van der Waals surface area contributed by atoms with Crippen molar-refractivity contribution in [3.63, 3.8) is 0 Å². The van der Waals surface area contributed by atoms with Crippen molar-refractivity contribution in [1.29, 1.82) is 0 Å². The first-order chi connectivity index (χ1) is 8.25. The average molecular weight is 264 g/mol. The van der Waals surface area contributed by atoms with E-state index in [4.69, 9.17) is 23.2 Å². The molecule has 0 saturated carbocycles. The van der Waals surface area contributed by atoms with Crippen molar-refractivity contribution in [1.82, 2.24) is 15.0 Å². The van der Waals surface area contributed by atoms with Gasteiger partial charge in [0.15, 0.2) is 0 Å².